The first kappa shape index (κ1) is 17.9. The average molecular weight is 344 g/mol. The van der Waals surface area contributed by atoms with Crippen LogP contribution >= 0.6 is 0 Å². The lowest BCUT2D eigenvalue weighted by Crippen LogP contribution is -2.08. The predicted molar refractivity (Wildman–Crippen MR) is 88.1 cm³/mol. The number of nitrogens with one attached hydrogen (secondary N) is 1. The summed E-state index contributed by atoms with van der Waals surface area (Å²) in [7, 11) is 1.45. The maximum Gasteiger partial charge on any atom is 0.248 e. The molecule has 1 N–H and O–H groups in total. The van der Waals surface area contributed by atoms with Crippen LogP contribution in [0.15, 0.2) is 42.5 Å². The minimum absolute atomic E-state index is 0.0185. The summed E-state index contributed by atoms with van der Waals surface area (Å²) in [5.74, 6) is -1.30. The van der Waals surface area contributed by atoms with Gasteiger partial charge in [-0.05, 0) is 35.9 Å². The molecule has 1 amide bonds. The number of nitriles is 1. The number of hydrogen-bond acceptors (Lipinski definition) is 4. The molecule has 0 bridgehead atoms. The van der Waals surface area contributed by atoms with Crippen LogP contribution in [-0.4, -0.2) is 19.6 Å². The summed E-state index contributed by atoms with van der Waals surface area (Å²) in [5, 5.41) is 10.9. The van der Waals surface area contributed by atoms with Crippen molar-refractivity contribution in [3.63, 3.8) is 0 Å². The Hall–Kier alpha value is -3.40. The highest BCUT2D eigenvalue weighted by Gasteiger charge is 2.06. The van der Waals surface area contributed by atoms with Gasteiger partial charge in [0, 0.05) is 17.8 Å². The molecule has 0 aromatic heterocycles. The van der Waals surface area contributed by atoms with Crippen molar-refractivity contribution in [3.05, 3.63) is 59.7 Å². The molecular weight excluding hydrogens is 330 g/mol. The van der Waals surface area contributed by atoms with E-state index in [9.17, 15) is 13.6 Å². The number of amides is 1. The molecule has 0 saturated heterocycles. The molecule has 0 saturated carbocycles. The summed E-state index contributed by atoms with van der Waals surface area (Å²) >= 11 is 0. The summed E-state index contributed by atoms with van der Waals surface area (Å²) in [6.07, 6.45) is 2.72. The molecule has 25 heavy (non-hydrogen) atoms. The van der Waals surface area contributed by atoms with E-state index in [1.807, 2.05) is 6.07 Å². The predicted octanol–water partition coefficient (Wildman–Crippen LogP) is 3.53. The van der Waals surface area contributed by atoms with Crippen molar-refractivity contribution in [2.45, 2.75) is 0 Å². The number of hydrogen-bond donors (Lipinski definition) is 1. The largest absolute Gasteiger partial charge is 0.493 e. The molecule has 2 aromatic rings. The normalized spacial score (nSPS) is 10.3. The number of carbonyl (C=O) groups is 1. The molecule has 0 heterocycles. The van der Waals surface area contributed by atoms with Gasteiger partial charge in [-0.2, -0.15) is 5.26 Å². The number of rotatable bonds is 6. The summed E-state index contributed by atoms with van der Waals surface area (Å²) in [4.78, 5) is 11.8. The zero-order valence-electron chi connectivity index (χ0n) is 13.3. The summed E-state index contributed by atoms with van der Waals surface area (Å²) in [6, 6.07) is 9.50. The lowest BCUT2D eigenvalue weighted by molar-refractivity contribution is -0.111. The third-order valence-electron chi connectivity index (χ3n) is 3.04. The minimum atomic E-state index is -0.781. The summed E-state index contributed by atoms with van der Waals surface area (Å²) in [5.41, 5.74) is 0.659. The highest BCUT2D eigenvalue weighted by molar-refractivity contribution is 6.01. The van der Waals surface area contributed by atoms with Gasteiger partial charge in [-0.25, -0.2) is 8.78 Å². The summed E-state index contributed by atoms with van der Waals surface area (Å²) < 4.78 is 36.5. The number of anilines is 1. The second-order valence-corrected chi connectivity index (χ2v) is 4.84. The quantitative estimate of drug-likeness (QED) is 0.814. The number of nitrogens with zero attached hydrogens (tertiary/aromatic N) is 1. The Bertz CT molecular complexity index is 824. The van der Waals surface area contributed by atoms with Crippen LogP contribution in [0.3, 0.4) is 0 Å². The number of ether oxygens (including phenoxy) is 2. The highest BCUT2D eigenvalue weighted by Crippen LogP contribution is 2.28. The van der Waals surface area contributed by atoms with Gasteiger partial charge >= 0.3 is 0 Å². The van der Waals surface area contributed by atoms with Gasteiger partial charge < -0.3 is 14.8 Å². The van der Waals surface area contributed by atoms with E-state index in [1.54, 1.807) is 18.2 Å². The lowest BCUT2D eigenvalue weighted by Gasteiger charge is -2.08. The van der Waals surface area contributed by atoms with E-state index in [0.29, 0.717) is 23.1 Å². The number of halogens is 2. The number of benzene rings is 2. The Kier molecular flexibility index (Phi) is 6.07. The summed E-state index contributed by atoms with van der Waals surface area (Å²) in [6.45, 7) is -0.113. The number of carbonyl (C=O) groups excluding carboxylic acids is 1. The fourth-order valence-electron chi connectivity index (χ4n) is 2.00. The molecular formula is C18H14F2N2O3. The zero-order valence-corrected chi connectivity index (χ0v) is 13.3. The monoisotopic (exact) mass is 344 g/mol. The minimum Gasteiger partial charge on any atom is -0.493 e. The first-order valence-corrected chi connectivity index (χ1v) is 7.15. The van der Waals surface area contributed by atoms with Gasteiger partial charge in [-0.15, -0.1) is 0 Å². The maximum atomic E-state index is 13.1. The third-order valence-corrected chi connectivity index (χ3v) is 3.04. The molecule has 0 aliphatic carbocycles. The van der Waals surface area contributed by atoms with Crippen molar-refractivity contribution >= 4 is 17.7 Å². The Morgan fingerprint density at radius 3 is 2.56 bits per heavy atom. The molecule has 2 aromatic carbocycles. The average Bonchev–Trinajstić information content (AvgIpc) is 2.57. The smallest absolute Gasteiger partial charge is 0.248 e. The Morgan fingerprint density at radius 1 is 1.20 bits per heavy atom. The Morgan fingerprint density at radius 2 is 1.92 bits per heavy atom. The van der Waals surface area contributed by atoms with E-state index in [1.165, 1.54) is 19.3 Å². The molecule has 0 aliphatic heterocycles. The molecule has 128 valence electrons. The zero-order chi connectivity index (χ0) is 18.2. The van der Waals surface area contributed by atoms with Crippen LogP contribution < -0.4 is 14.8 Å². The highest BCUT2D eigenvalue weighted by atomic mass is 19.1. The SMILES string of the molecule is COc1cc(/C=C/C(=O)Nc2cc(F)cc(F)c2)ccc1OCC#N. The van der Waals surface area contributed by atoms with Crippen molar-refractivity contribution in [1.29, 1.82) is 5.26 Å². The van der Waals surface area contributed by atoms with Gasteiger partial charge in [0.25, 0.3) is 0 Å². The Labute approximate surface area is 143 Å². The van der Waals surface area contributed by atoms with E-state index in [4.69, 9.17) is 14.7 Å². The van der Waals surface area contributed by atoms with Crippen molar-refractivity contribution in [1.82, 2.24) is 0 Å². The van der Waals surface area contributed by atoms with E-state index < -0.39 is 17.5 Å². The fourth-order valence-corrected chi connectivity index (χ4v) is 2.00. The van der Waals surface area contributed by atoms with Crippen molar-refractivity contribution in [3.8, 4) is 17.6 Å². The maximum absolute atomic E-state index is 13.1. The van der Waals surface area contributed by atoms with Gasteiger partial charge in [-0.3, -0.25) is 4.79 Å². The second kappa shape index (κ2) is 8.45. The van der Waals surface area contributed by atoms with Gasteiger partial charge in [0.15, 0.2) is 18.1 Å². The molecule has 0 radical (unpaired) electrons. The van der Waals surface area contributed by atoms with Crippen molar-refractivity contribution in [2.24, 2.45) is 0 Å². The van der Waals surface area contributed by atoms with E-state index >= 15 is 0 Å². The van der Waals surface area contributed by atoms with Gasteiger partial charge in [-0.1, -0.05) is 6.07 Å². The van der Waals surface area contributed by atoms with Crippen LogP contribution in [0, 0.1) is 23.0 Å². The molecule has 2 rings (SSSR count). The van der Waals surface area contributed by atoms with Gasteiger partial charge in [0.05, 0.1) is 7.11 Å². The van der Waals surface area contributed by atoms with Gasteiger partial charge in [0.1, 0.15) is 17.7 Å². The number of methoxy groups -OCH3 is 1. The van der Waals surface area contributed by atoms with Crippen LogP contribution in [-0.2, 0) is 4.79 Å². The van der Waals surface area contributed by atoms with Crippen LogP contribution in [0.25, 0.3) is 6.08 Å². The van der Waals surface area contributed by atoms with Crippen molar-refractivity contribution in [2.75, 3.05) is 19.0 Å². The van der Waals surface area contributed by atoms with Crippen LogP contribution in [0.4, 0.5) is 14.5 Å². The standard InChI is InChI=1S/C18H14F2N2O3/c1-24-17-8-12(2-4-16(17)25-7-6-21)3-5-18(23)22-15-10-13(19)9-14(20)11-15/h2-5,8-11H,7H2,1H3,(H,22,23)/b5-3+. The van der Waals surface area contributed by atoms with Crippen LogP contribution in [0.5, 0.6) is 11.5 Å². The molecule has 0 spiro atoms. The van der Waals surface area contributed by atoms with E-state index in [-0.39, 0.29) is 12.3 Å². The van der Waals surface area contributed by atoms with Crippen LogP contribution in [0.1, 0.15) is 5.56 Å². The third kappa shape index (κ3) is 5.32. The molecule has 0 unspecified atom stereocenters. The van der Waals surface area contributed by atoms with E-state index in [0.717, 1.165) is 12.1 Å². The molecule has 5 nitrogen and oxygen atoms in total. The topological polar surface area (TPSA) is 71.3 Å². The molecule has 7 heteroatoms. The van der Waals surface area contributed by atoms with E-state index in [2.05, 4.69) is 5.32 Å². The lowest BCUT2D eigenvalue weighted by atomic mass is 10.2. The van der Waals surface area contributed by atoms with Gasteiger partial charge in [0.2, 0.25) is 5.91 Å². The van der Waals surface area contributed by atoms with Crippen molar-refractivity contribution < 1.29 is 23.0 Å². The fraction of sp³-hybridized carbons (Fsp3) is 0.111. The second-order valence-electron chi connectivity index (χ2n) is 4.84. The molecule has 0 atom stereocenters. The first-order chi connectivity index (χ1) is 12.0. The Balaban J connectivity index is 2.07. The first-order valence-electron chi connectivity index (χ1n) is 7.15. The molecule has 0 fully saturated rings. The van der Waals surface area contributed by atoms with Crippen LogP contribution in [0.2, 0.25) is 0 Å². The molecule has 0 aliphatic rings.